The number of hydrogen-bond donors (Lipinski definition) is 1. The number of nitrogens with one attached hydrogen (secondary N) is 1. The van der Waals surface area contributed by atoms with E-state index in [0.717, 1.165) is 25.8 Å². The van der Waals surface area contributed by atoms with Gasteiger partial charge in [0, 0.05) is 30.4 Å². The van der Waals surface area contributed by atoms with E-state index in [1.807, 2.05) is 0 Å². The van der Waals surface area contributed by atoms with Crippen LogP contribution in [0.4, 0.5) is 0 Å². The third-order valence-electron chi connectivity index (χ3n) is 3.56. The SMILES string of the molecule is CCNC(CCC(C)OC)Cc1nc(C(C)(C)C)cs1. The Bertz CT molecular complexity index is 384. The molecule has 20 heavy (non-hydrogen) atoms. The average molecular weight is 298 g/mol. The number of likely N-dealkylation sites (N-methyl/N-ethyl adjacent to an activating group) is 1. The highest BCUT2D eigenvalue weighted by atomic mass is 32.1. The van der Waals surface area contributed by atoms with Crippen LogP contribution >= 0.6 is 11.3 Å². The van der Waals surface area contributed by atoms with E-state index < -0.39 is 0 Å². The molecule has 0 spiro atoms. The number of ether oxygens (including phenoxy) is 1. The normalized spacial score (nSPS) is 15.3. The highest BCUT2D eigenvalue weighted by molar-refractivity contribution is 7.09. The molecule has 1 rings (SSSR count). The van der Waals surface area contributed by atoms with E-state index in [2.05, 4.69) is 45.3 Å². The third-order valence-corrected chi connectivity index (χ3v) is 4.43. The first-order chi connectivity index (χ1) is 9.36. The molecule has 0 aliphatic heterocycles. The maximum Gasteiger partial charge on any atom is 0.0944 e. The molecule has 0 saturated carbocycles. The van der Waals surface area contributed by atoms with E-state index in [0.29, 0.717) is 12.1 Å². The van der Waals surface area contributed by atoms with Crippen molar-refractivity contribution in [3.63, 3.8) is 0 Å². The van der Waals surface area contributed by atoms with Gasteiger partial charge in [0.25, 0.3) is 0 Å². The minimum atomic E-state index is 0.146. The molecule has 0 aromatic carbocycles. The maximum absolute atomic E-state index is 5.34. The summed E-state index contributed by atoms with van der Waals surface area (Å²) in [5.41, 5.74) is 1.35. The van der Waals surface area contributed by atoms with Crippen LogP contribution in [0.25, 0.3) is 0 Å². The van der Waals surface area contributed by atoms with Crippen LogP contribution in [0.15, 0.2) is 5.38 Å². The van der Waals surface area contributed by atoms with Crippen LogP contribution < -0.4 is 5.32 Å². The van der Waals surface area contributed by atoms with E-state index >= 15 is 0 Å². The zero-order valence-electron chi connectivity index (χ0n) is 13.8. The average Bonchev–Trinajstić information content (AvgIpc) is 2.84. The first-order valence-corrected chi connectivity index (χ1v) is 8.45. The lowest BCUT2D eigenvalue weighted by atomic mass is 9.93. The highest BCUT2D eigenvalue weighted by Gasteiger charge is 2.19. The molecule has 0 aliphatic carbocycles. The van der Waals surface area contributed by atoms with Crippen molar-refractivity contribution in [3.8, 4) is 0 Å². The second kappa shape index (κ2) is 8.11. The summed E-state index contributed by atoms with van der Waals surface area (Å²) in [6.07, 6.45) is 3.57. The van der Waals surface area contributed by atoms with Gasteiger partial charge in [-0.15, -0.1) is 11.3 Å². The standard InChI is InChI=1S/C16H30N2OS/c1-7-17-13(9-8-12(2)19-6)10-15-18-14(11-20-15)16(3,4)5/h11-13,17H,7-10H2,1-6H3. The van der Waals surface area contributed by atoms with Crippen molar-refractivity contribution in [1.82, 2.24) is 10.3 Å². The molecule has 4 heteroatoms. The lowest BCUT2D eigenvalue weighted by Gasteiger charge is -2.19. The monoisotopic (exact) mass is 298 g/mol. The van der Waals surface area contributed by atoms with E-state index in [9.17, 15) is 0 Å². The van der Waals surface area contributed by atoms with Crippen LogP contribution in [0.5, 0.6) is 0 Å². The first kappa shape index (κ1) is 17.6. The van der Waals surface area contributed by atoms with Crippen molar-refractivity contribution in [1.29, 1.82) is 0 Å². The second-order valence-corrected chi connectivity index (χ2v) is 7.40. The number of nitrogens with zero attached hydrogens (tertiary/aromatic N) is 1. The van der Waals surface area contributed by atoms with E-state index in [1.54, 1.807) is 18.4 Å². The number of aromatic nitrogens is 1. The topological polar surface area (TPSA) is 34.1 Å². The largest absolute Gasteiger partial charge is 0.382 e. The summed E-state index contributed by atoms with van der Waals surface area (Å²) in [7, 11) is 1.78. The van der Waals surface area contributed by atoms with Gasteiger partial charge in [0.2, 0.25) is 0 Å². The van der Waals surface area contributed by atoms with Crippen molar-refractivity contribution < 1.29 is 4.74 Å². The Morgan fingerprint density at radius 2 is 2.05 bits per heavy atom. The van der Waals surface area contributed by atoms with Gasteiger partial charge < -0.3 is 10.1 Å². The third kappa shape index (κ3) is 5.90. The van der Waals surface area contributed by atoms with Crippen molar-refractivity contribution in [2.24, 2.45) is 0 Å². The van der Waals surface area contributed by atoms with E-state index in [-0.39, 0.29) is 5.41 Å². The van der Waals surface area contributed by atoms with Crippen LogP contribution in [0, 0.1) is 0 Å². The fourth-order valence-corrected chi connectivity index (χ4v) is 3.18. The minimum absolute atomic E-state index is 0.146. The number of thiazole rings is 1. The van der Waals surface area contributed by atoms with Gasteiger partial charge in [0.05, 0.1) is 16.8 Å². The molecule has 3 nitrogen and oxygen atoms in total. The molecule has 1 aromatic rings. The molecule has 0 saturated heterocycles. The van der Waals surface area contributed by atoms with E-state index in [1.165, 1.54) is 10.7 Å². The fourth-order valence-electron chi connectivity index (χ4n) is 2.08. The van der Waals surface area contributed by atoms with Gasteiger partial charge in [-0.2, -0.15) is 0 Å². The minimum Gasteiger partial charge on any atom is -0.382 e. The van der Waals surface area contributed by atoms with Crippen LogP contribution in [0.3, 0.4) is 0 Å². The first-order valence-electron chi connectivity index (χ1n) is 7.57. The summed E-state index contributed by atoms with van der Waals surface area (Å²) in [4.78, 5) is 4.80. The highest BCUT2D eigenvalue weighted by Crippen LogP contribution is 2.24. The molecule has 0 amide bonds. The molecule has 2 atom stereocenters. The smallest absolute Gasteiger partial charge is 0.0944 e. The second-order valence-electron chi connectivity index (χ2n) is 6.46. The van der Waals surface area contributed by atoms with Crippen LogP contribution in [0.1, 0.15) is 58.2 Å². The molecule has 1 heterocycles. The summed E-state index contributed by atoms with van der Waals surface area (Å²) in [6, 6.07) is 0.497. The molecule has 0 fully saturated rings. The summed E-state index contributed by atoms with van der Waals surface area (Å²) in [5.74, 6) is 0. The van der Waals surface area contributed by atoms with Gasteiger partial charge in [0.15, 0.2) is 0 Å². The molecule has 1 aromatic heterocycles. The quantitative estimate of drug-likeness (QED) is 0.793. The molecular weight excluding hydrogens is 268 g/mol. The fraction of sp³-hybridized carbons (Fsp3) is 0.812. The molecular formula is C16H30N2OS. The molecule has 0 bridgehead atoms. The molecule has 2 unspecified atom stereocenters. The Hall–Kier alpha value is -0.450. The molecule has 1 N–H and O–H groups in total. The predicted molar refractivity (Wildman–Crippen MR) is 87.7 cm³/mol. The zero-order chi connectivity index (χ0) is 15.2. The van der Waals surface area contributed by atoms with Gasteiger partial charge in [0.1, 0.15) is 0 Å². The summed E-state index contributed by atoms with van der Waals surface area (Å²) in [5, 5.41) is 7.02. The Labute approximate surface area is 128 Å². The summed E-state index contributed by atoms with van der Waals surface area (Å²) >= 11 is 1.79. The Morgan fingerprint density at radius 1 is 1.35 bits per heavy atom. The maximum atomic E-state index is 5.34. The Kier molecular flexibility index (Phi) is 7.13. The number of hydrogen-bond acceptors (Lipinski definition) is 4. The van der Waals surface area contributed by atoms with E-state index in [4.69, 9.17) is 9.72 Å². The van der Waals surface area contributed by atoms with Crippen LogP contribution in [-0.4, -0.2) is 30.8 Å². The number of methoxy groups -OCH3 is 1. The van der Waals surface area contributed by atoms with Crippen LogP contribution in [-0.2, 0) is 16.6 Å². The van der Waals surface area contributed by atoms with Gasteiger partial charge in [-0.25, -0.2) is 4.98 Å². The zero-order valence-corrected chi connectivity index (χ0v) is 14.6. The Morgan fingerprint density at radius 3 is 2.55 bits per heavy atom. The summed E-state index contributed by atoms with van der Waals surface area (Å²) in [6.45, 7) is 11.9. The van der Waals surface area contributed by atoms with Gasteiger partial charge >= 0.3 is 0 Å². The predicted octanol–water partition coefficient (Wildman–Crippen LogP) is 3.78. The lowest BCUT2D eigenvalue weighted by Crippen LogP contribution is -2.32. The van der Waals surface area contributed by atoms with Crippen molar-refractivity contribution in [3.05, 3.63) is 16.1 Å². The van der Waals surface area contributed by atoms with Crippen molar-refractivity contribution in [2.45, 2.75) is 71.4 Å². The molecule has 0 radical (unpaired) electrons. The van der Waals surface area contributed by atoms with Gasteiger partial charge in [-0.05, 0) is 26.3 Å². The molecule has 116 valence electrons. The molecule has 0 aliphatic rings. The number of rotatable bonds is 8. The van der Waals surface area contributed by atoms with Gasteiger partial charge in [-0.3, -0.25) is 0 Å². The van der Waals surface area contributed by atoms with Gasteiger partial charge in [-0.1, -0.05) is 27.7 Å². The summed E-state index contributed by atoms with van der Waals surface area (Å²) < 4.78 is 5.34. The van der Waals surface area contributed by atoms with Crippen LogP contribution in [0.2, 0.25) is 0 Å². The van der Waals surface area contributed by atoms with Crippen molar-refractivity contribution >= 4 is 11.3 Å². The Balaban J connectivity index is 2.58. The lowest BCUT2D eigenvalue weighted by molar-refractivity contribution is 0.106. The van der Waals surface area contributed by atoms with Crippen molar-refractivity contribution in [2.75, 3.05) is 13.7 Å².